The van der Waals surface area contributed by atoms with Gasteiger partial charge in [0.1, 0.15) is 6.61 Å². The van der Waals surface area contributed by atoms with Gasteiger partial charge in [0.05, 0.1) is 19.8 Å². The fraction of sp³-hybridized carbons (Fsp3) is 0.235. The average Bonchev–Trinajstić information content (AvgIpc) is 2.52. The molecule has 2 aromatic rings. The van der Waals surface area contributed by atoms with Crippen molar-refractivity contribution in [2.24, 2.45) is 0 Å². The number of carbonyl (C=O) groups is 1. The van der Waals surface area contributed by atoms with Crippen LogP contribution in [0.25, 0.3) is 0 Å². The quantitative estimate of drug-likeness (QED) is 0.790. The zero-order chi connectivity index (χ0) is 15.2. The third-order valence-electron chi connectivity index (χ3n) is 3.06. The van der Waals surface area contributed by atoms with E-state index < -0.39 is 5.97 Å². The molecule has 0 atom stereocenters. The van der Waals surface area contributed by atoms with E-state index >= 15 is 0 Å². The van der Waals surface area contributed by atoms with E-state index in [1.165, 1.54) is 19.8 Å². The van der Waals surface area contributed by atoms with Gasteiger partial charge in [0, 0.05) is 0 Å². The summed E-state index contributed by atoms with van der Waals surface area (Å²) in [7, 11) is 2.88. The molecule has 0 amide bonds. The Hall–Kier alpha value is -2.49. The van der Waals surface area contributed by atoms with Crippen LogP contribution >= 0.6 is 0 Å². The third kappa shape index (κ3) is 3.75. The van der Waals surface area contributed by atoms with Crippen LogP contribution in [0.5, 0.6) is 11.5 Å². The van der Waals surface area contributed by atoms with Gasteiger partial charge in [0.15, 0.2) is 11.5 Å². The van der Waals surface area contributed by atoms with E-state index in [0.29, 0.717) is 23.7 Å². The molecular weight excluding hydrogens is 268 g/mol. The van der Waals surface area contributed by atoms with Crippen LogP contribution in [-0.2, 0) is 11.3 Å². The molecule has 0 heterocycles. The predicted molar refractivity (Wildman–Crippen MR) is 79.8 cm³/mol. The minimum absolute atomic E-state index is 0.404. The number of benzene rings is 2. The fourth-order valence-corrected chi connectivity index (χ4v) is 1.99. The molecule has 0 spiro atoms. The Bertz CT molecular complexity index is 634. The molecule has 110 valence electrons. The van der Waals surface area contributed by atoms with Crippen molar-refractivity contribution in [3.05, 3.63) is 59.2 Å². The summed E-state index contributed by atoms with van der Waals surface area (Å²) < 4.78 is 15.7. The van der Waals surface area contributed by atoms with Gasteiger partial charge in [-0.25, -0.2) is 4.79 Å². The van der Waals surface area contributed by atoms with E-state index in [1.807, 2.05) is 25.1 Å². The first-order valence-corrected chi connectivity index (χ1v) is 6.58. The van der Waals surface area contributed by atoms with Crippen molar-refractivity contribution in [2.75, 3.05) is 14.2 Å². The number of methoxy groups -OCH3 is 2. The first kappa shape index (κ1) is 14.9. The maximum atomic E-state index is 11.5. The molecule has 2 rings (SSSR count). The number of rotatable bonds is 5. The summed E-state index contributed by atoms with van der Waals surface area (Å²) in [6, 6.07) is 13.1. The lowest BCUT2D eigenvalue weighted by Gasteiger charge is -2.12. The van der Waals surface area contributed by atoms with E-state index in [2.05, 4.69) is 10.8 Å². The molecule has 0 bridgehead atoms. The van der Waals surface area contributed by atoms with Crippen molar-refractivity contribution in [1.29, 1.82) is 0 Å². The van der Waals surface area contributed by atoms with E-state index in [1.54, 1.807) is 18.2 Å². The summed E-state index contributed by atoms with van der Waals surface area (Å²) in [5.74, 6) is 0.691. The molecule has 0 radical (unpaired) electrons. The highest BCUT2D eigenvalue weighted by atomic mass is 16.5. The van der Waals surface area contributed by atoms with Crippen molar-refractivity contribution in [3.8, 4) is 11.5 Å². The minimum atomic E-state index is -0.404. The Kier molecular flexibility index (Phi) is 4.82. The number of carbonyl (C=O) groups excluding carboxylic acids is 1. The maximum absolute atomic E-state index is 11.5. The van der Waals surface area contributed by atoms with E-state index in [-0.39, 0.29) is 0 Å². The molecule has 0 aromatic heterocycles. The van der Waals surface area contributed by atoms with Crippen LogP contribution in [0, 0.1) is 6.92 Å². The Balaban J connectivity index is 2.14. The summed E-state index contributed by atoms with van der Waals surface area (Å²) >= 11 is 0. The lowest BCUT2D eigenvalue weighted by Crippen LogP contribution is -2.03. The van der Waals surface area contributed by atoms with Gasteiger partial charge < -0.3 is 14.2 Å². The highest BCUT2D eigenvalue weighted by molar-refractivity contribution is 5.90. The third-order valence-corrected chi connectivity index (χ3v) is 3.06. The second-order valence-electron chi connectivity index (χ2n) is 4.63. The van der Waals surface area contributed by atoms with Gasteiger partial charge in [-0.05, 0) is 30.7 Å². The SMILES string of the molecule is COC(=O)c1ccc(OCc2cccc(C)c2)c(OC)c1. The van der Waals surface area contributed by atoms with Crippen LogP contribution in [0.2, 0.25) is 0 Å². The number of aryl methyl sites for hydroxylation is 1. The number of esters is 1. The Labute approximate surface area is 124 Å². The Morgan fingerprint density at radius 1 is 1.05 bits per heavy atom. The van der Waals surface area contributed by atoms with Gasteiger partial charge in [0.25, 0.3) is 0 Å². The molecule has 2 aromatic carbocycles. The van der Waals surface area contributed by atoms with E-state index in [0.717, 1.165) is 5.56 Å². The zero-order valence-corrected chi connectivity index (χ0v) is 12.4. The van der Waals surface area contributed by atoms with Gasteiger partial charge in [-0.15, -0.1) is 0 Å². The van der Waals surface area contributed by atoms with Gasteiger partial charge in [0.2, 0.25) is 0 Å². The lowest BCUT2D eigenvalue weighted by molar-refractivity contribution is 0.0600. The van der Waals surface area contributed by atoms with E-state index in [4.69, 9.17) is 9.47 Å². The van der Waals surface area contributed by atoms with Crippen molar-refractivity contribution >= 4 is 5.97 Å². The van der Waals surface area contributed by atoms with Crippen molar-refractivity contribution < 1.29 is 19.0 Å². The van der Waals surface area contributed by atoms with Crippen LogP contribution in [0.3, 0.4) is 0 Å². The zero-order valence-electron chi connectivity index (χ0n) is 12.4. The van der Waals surface area contributed by atoms with Crippen molar-refractivity contribution in [3.63, 3.8) is 0 Å². The van der Waals surface area contributed by atoms with Gasteiger partial charge >= 0.3 is 5.97 Å². The van der Waals surface area contributed by atoms with Crippen LogP contribution < -0.4 is 9.47 Å². The van der Waals surface area contributed by atoms with E-state index in [9.17, 15) is 4.79 Å². The molecule has 4 nitrogen and oxygen atoms in total. The molecule has 0 fully saturated rings. The predicted octanol–water partition coefficient (Wildman–Crippen LogP) is 3.37. The monoisotopic (exact) mass is 286 g/mol. The van der Waals surface area contributed by atoms with Crippen molar-refractivity contribution in [1.82, 2.24) is 0 Å². The largest absolute Gasteiger partial charge is 0.493 e. The molecule has 0 saturated carbocycles. The average molecular weight is 286 g/mol. The highest BCUT2D eigenvalue weighted by Crippen LogP contribution is 2.29. The number of hydrogen-bond donors (Lipinski definition) is 0. The van der Waals surface area contributed by atoms with Gasteiger partial charge in [-0.2, -0.15) is 0 Å². The van der Waals surface area contributed by atoms with Gasteiger partial charge in [-0.3, -0.25) is 0 Å². The van der Waals surface area contributed by atoms with Gasteiger partial charge in [-0.1, -0.05) is 29.8 Å². The summed E-state index contributed by atoms with van der Waals surface area (Å²) in [5.41, 5.74) is 2.69. The Morgan fingerprint density at radius 3 is 2.52 bits per heavy atom. The molecule has 0 aliphatic heterocycles. The summed E-state index contributed by atoms with van der Waals surface area (Å²) in [4.78, 5) is 11.5. The molecule has 21 heavy (non-hydrogen) atoms. The van der Waals surface area contributed by atoms with Crippen LogP contribution in [0.15, 0.2) is 42.5 Å². The molecule has 0 N–H and O–H groups in total. The highest BCUT2D eigenvalue weighted by Gasteiger charge is 2.11. The topological polar surface area (TPSA) is 44.8 Å². The number of hydrogen-bond acceptors (Lipinski definition) is 4. The van der Waals surface area contributed by atoms with Crippen LogP contribution in [-0.4, -0.2) is 20.2 Å². The molecule has 0 aliphatic rings. The molecule has 0 unspecified atom stereocenters. The fourth-order valence-electron chi connectivity index (χ4n) is 1.99. The maximum Gasteiger partial charge on any atom is 0.337 e. The smallest absolute Gasteiger partial charge is 0.337 e. The molecular formula is C17H18O4. The van der Waals surface area contributed by atoms with Crippen molar-refractivity contribution in [2.45, 2.75) is 13.5 Å². The first-order chi connectivity index (χ1) is 10.1. The normalized spacial score (nSPS) is 10.0. The Morgan fingerprint density at radius 2 is 1.86 bits per heavy atom. The minimum Gasteiger partial charge on any atom is -0.493 e. The molecule has 0 saturated heterocycles. The first-order valence-electron chi connectivity index (χ1n) is 6.58. The van der Waals surface area contributed by atoms with Crippen LogP contribution in [0.1, 0.15) is 21.5 Å². The second kappa shape index (κ2) is 6.79. The number of ether oxygens (including phenoxy) is 3. The van der Waals surface area contributed by atoms with Crippen LogP contribution in [0.4, 0.5) is 0 Å². The lowest BCUT2D eigenvalue weighted by atomic mass is 10.1. The second-order valence-corrected chi connectivity index (χ2v) is 4.63. The molecule has 4 heteroatoms. The molecule has 0 aliphatic carbocycles. The standard InChI is InChI=1S/C17H18O4/c1-12-5-4-6-13(9-12)11-21-15-8-7-14(17(18)20-3)10-16(15)19-2/h4-10H,11H2,1-3H3. The summed E-state index contributed by atoms with van der Waals surface area (Å²) in [5, 5.41) is 0. The summed E-state index contributed by atoms with van der Waals surface area (Å²) in [6.07, 6.45) is 0. The summed E-state index contributed by atoms with van der Waals surface area (Å²) in [6.45, 7) is 2.48.